The number of carbonyl (C=O) groups is 1. The summed E-state index contributed by atoms with van der Waals surface area (Å²) < 4.78 is 1.03. The van der Waals surface area contributed by atoms with Crippen LogP contribution in [0.1, 0.15) is 22.2 Å². The number of nitrogens with zero attached hydrogens (tertiary/aromatic N) is 2. The van der Waals surface area contributed by atoms with Gasteiger partial charge in [-0.15, -0.1) is 11.3 Å². The van der Waals surface area contributed by atoms with E-state index >= 15 is 0 Å². The number of halogens is 1. The predicted octanol–water partition coefficient (Wildman–Crippen LogP) is 4.26. The quantitative estimate of drug-likeness (QED) is 0.449. The Hall–Kier alpha value is -1.73. The van der Waals surface area contributed by atoms with Gasteiger partial charge in [-0.3, -0.25) is 14.9 Å². The zero-order chi connectivity index (χ0) is 15.6. The Bertz CT molecular complexity index is 699. The van der Waals surface area contributed by atoms with Crippen molar-refractivity contribution in [1.29, 1.82) is 0 Å². The lowest BCUT2D eigenvalue weighted by molar-refractivity contribution is -0.385. The molecule has 5 nitrogen and oxygen atoms in total. The van der Waals surface area contributed by atoms with Crippen molar-refractivity contribution in [3.05, 3.63) is 54.7 Å². The summed E-state index contributed by atoms with van der Waals surface area (Å²) in [5, 5.41) is 12.9. The van der Waals surface area contributed by atoms with Crippen molar-refractivity contribution < 1.29 is 9.72 Å². The minimum atomic E-state index is -0.531. The SMILES string of the molecule is CC(=O)c1cc(N(C)Cc2cc(Br)cs2)ccc1[N+](=O)[O-]. The lowest BCUT2D eigenvalue weighted by atomic mass is 10.1. The molecule has 0 fully saturated rings. The van der Waals surface area contributed by atoms with Crippen LogP contribution in [0, 0.1) is 10.1 Å². The molecule has 0 aliphatic rings. The molecule has 0 radical (unpaired) electrons. The van der Waals surface area contributed by atoms with Gasteiger partial charge < -0.3 is 4.90 Å². The topological polar surface area (TPSA) is 63.5 Å². The maximum absolute atomic E-state index is 11.6. The molecular weight excluding hydrogens is 356 g/mol. The fourth-order valence-electron chi connectivity index (χ4n) is 1.96. The van der Waals surface area contributed by atoms with Gasteiger partial charge in [0, 0.05) is 33.5 Å². The molecule has 0 amide bonds. The lowest BCUT2D eigenvalue weighted by Crippen LogP contribution is -2.16. The first-order valence-corrected chi connectivity index (χ1v) is 7.79. The van der Waals surface area contributed by atoms with Gasteiger partial charge in [0.15, 0.2) is 5.78 Å². The second kappa shape index (κ2) is 6.36. The molecule has 0 atom stereocenters. The number of nitro benzene ring substituents is 1. The van der Waals surface area contributed by atoms with Gasteiger partial charge in [-0.05, 0) is 41.1 Å². The molecule has 2 aromatic rings. The molecule has 1 aromatic heterocycles. The molecule has 21 heavy (non-hydrogen) atoms. The first-order chi connectivity index (χ1) is 9.88. The van der Waals surface area contributed by atoms with E-state index in [1.165, 1.54) is 13.0 Å². The summed E-state index contributed by atoms with van der Waals surface area (Å²) in [6.07, 6.45) is 0. The third-order valence-electron chi connectivity index (χ3n) is 3.01. The van der Waals surface area contributed by atoms with Crippen LogP contribution < -0.4 is 4.90 Å². The maximum atomic E-state index is 11.6. The number of rotatable bonds is 5. The molecule has 0 aliphatic carbocycles. The predicted molar refractivity (Wildman–Crippen MR) is 87.2 cm³/mol. The number of Topliss-reactive ketones (excluding diaryl/α,β-unsaturated/α-hetero) is 1. The van der Waals surface area contributed by atoms with Gasteiger partial charge in [0.25, 0.3) is 5.69 Å². The number of anilines is 1. The van der Waals surface area contributed by atoms with Gasteiger partial charge in [-0.1, -0.05) is 0 Å². The molecule has 1 aromatic carbocycles. The highest BCUT2D eigenvalue weighted by atomic mass is 79.9. The monoisotopic (exact) mass is 368 g/mol. The zero-order valence-corrected chi connectivity index (χ0v) is 13.9. The molecule has 0 saturated carbocycles. The van der Waals surface area contributed by atoms with Crippen LogP contribution in [0.15, 0.2) is 34.1 Å². The summed E-state index contributed by atoms with van der Waals surface area (Å²) in [7, 11) is 1.89. The van der Waals surface area contributed by atoms with E-state index in [1.54, 1.807) is 23.5 Å². The normalized spacial score (nSPS) is 10.4. The number of carbonyl (C=O) groups excluding carboxylic acids is 1. The molecule has 7 heteroatoms. The highest BCUT2D eigenvalue weighted by Gasteiger charge is 2.18. The van der Waals surface area contributed by atoms with Gasteiger partial charge >= 0.3 is 0 Å². The fraction of sp³-hybridized carbons (Fsp3) is 0.214. The van der Waals surface area contributed by atoms with Gasteiger partial charge in [0.1, 0.15) is 0 Å². The van der Waals surface area contributed by atoms with Crippen LogP contribution in [-0.4, -0.2) is 17.8 Å². The van der Waals surface area contributed by atoms with E-state index in [0.717, 1.165) is 15.0 Å². The highest BCUT2D eigenvalue weighted by molar-refractivity contribution is 9.10. The number of benzene rings is 1. The largest absolute Gasteiger partial charge is 0.369 e. The number of hydrogen-bond donors (Lipinski definition) is 0. The summed E-state index contributed by atoms with van der Waals surface area (Å²) in [5.41, 5.74) is 0.755. The number of nitro groups is 1. The van der Waals surface area contributed by atoms with Crippen molar-refractivity contribution in [2.24, 2.45) is 0 Å². The first kappa shape index (κ1) is 15.7. The van der Waals surface area contributed by atoms with Gasteiger partial charge in [0.2, 0.25) is 0 Å². The number of thiophene rings is 1. The van der Waals surface area contributed by atoms with Crippen LogP contribution >= 0.6 is 27.3 Å². The fourth-order valence-corrected chi connectivity index (χ4v) is 3.47. The van der Waals surface area contributed by atoms with E-state index in [9.17, 15) is 14.9 Å². The maximum Gasteiger partial charge on any atom is 0.280 e. The molecule has 0 saturated heterocycles. The second-order valence-electron chi connectivity index (χ2n) is 4.60. The molecule has 1 heterocycles. The number of ketones is 1. The van der Waals surface area contributed by atoms with Gasteiger partial charge in [0.05, 0.1) is 17.0 Å². The van der Waals surface area contributed by atoms with Crippen molar-refractivity contribution in [2.75, 3.05) is 11.9 Å². The zero-order valence-electron chi connectivity index (χ0n) is 11.5. The first-order valence-electron chi connectivity index (χ1n) is 6.12. The van der Waals surface area contributed by atoms with Crippen molar-refractivity contribution in [3.63, 3.8) is 0 Å². The molecule has 0 spiro atoms. The Kier molecular flexibility index (Phi) is 4.74. The highest BCUT2D eigenvalue weighted by Crippen LogP contribution is 2.27. The standard InChI is InChI=1S/C14H13BrN2O3S/c1-9(18)13-6-11(3-4-14(13)17(19)20)16(2)7-12-5-10(15)8-21-12/h3-6,8H,7H2,1-2H3. The van der Waals surface area contributed by atoms with Crippen LogP contribution in [0.25, 0.3) is 0 Å². The molecule has 0 unspecified atom stereocenters. The molecule has 110 valence electrons. The van der Waals surface area contributed by atoms with Gasteiger partial charge in [-0.2, -0.15) is 0 Å². The molecule has 0 aliphatic heterocycles. The van der Waals surface area contributed by atoms with E-state index in [0.29, 0.717) is 6.54 Å². The van der Waals surface area contributed by atoms with Crippen molar-refractivity contribution in [3.8, 4) is 0 Å². The van der Waals surface area contributed by atoms with E-state index in [2.05, 4.69) is 15.9 Å². The Labute approximate surface area is 134 Å². The molecule has 0 N–H and O–H groups in total. The van der Waals surface area contributed by atoms with Crippen LogP contribution in [0.5, 0.6) is 0 Å². The van der Waals surface area contributed by atoms with E-state index in [4.69, 9.17) is 0 Å². The van der Waals surface area contributed by atoms with Crippen molar-refractivity contribution >= 4 is 44.4 Å². The summed E-state index contributed by atoms with van der Waals surface area (Å²) in [6, 6.07) is 6.64. The van der Waals surface area contributed by atoms with Crippen molar-refractivity contribution in [1.82, 2.24) is 0 Å². The molecule has 0 bridgehead atoms. The summed E-state index contributed by atoms with van der Waals surface area (Å²) in [4.78, 5) is 25.1. The summed E-state index contributed by atoms with van der Waals surface area (Å²) >= 11 is 5.03. The third-order valence-corrected chi connectivity index (χ3v) is 4.69. The molecule has 2 rings (SSSR count). The molecular formula is C14H13BrN2O3S. The average Bonchev–Trinajstić information content (AvgIpc) is 2.83. The Morgan fingerprint density at radius 1 is 1.43 bits per heavy atom. The average molecular weight is 369 g/mol. The summed E-state index contributed by atoms with van der Waals surface area (Å²) in [6.45, 7) is 2.01. The van der Waals surface area contributed by atoms with Crippen LogP contribution in [0.2, 0.25) is 0 Å². The van der Waals surface area contributed by atoms with Crippen LogP contribution in [0.4, 0.5) is 11.4 Å². The lowest BCUT2D eigenvalue weighted by Gasteiger charge is -2.19. The Morgan fingerprint density at radius 3 is 2.67 bits per heavy atom. The third kappa shape index (κ3) is 3.68. The van der Waals surface area contributed by atoms with Gasteiger partial charge in [-0.25, -0.2) is 0 Å². The second-order valence-corrected chi connectivity index (χ2v) is 6.51. The Balaban J connectivity index is 2.29. The number of hydrogen-bond acceptors (Lipinski definition) is 5. The Morgan fingerprint density at radius 2 is 2.14 bits per heavy atom. The minimum Gasteiger partial charge on any atom is -0.369 e. The smallest absolute Gasteiger partial charge is 0.280 e. The summed E-state index contributed by atoms with van der Waals surface area (Å²) in [5.74, 6) is -0.309. The van der Waals surface area contributed by atoms with Crippen LogP contribution in [-0.2, 0) is 6.54 Å². The van der Waals surface area contributed by atoms with E-state index in [1.807, 2.05) is 23.4 Å². The van der Waals surface area contributed by atoms with E-state index in [-0.39, 0.29) is 17.0 Å². The van der Waals surface area contributed by atoms with E-state index < -0.39 is 4.92 Å². The van der Waals surface area contributed by atoms with Crippen LogP contribution in [0.3, 0.4) is 0 Å². The van der Waals surface area contributed by atoms with Crippen molar-refractivity contribution in [2.45, 2.75) is 13.5 Å². The minimum absolute atomic E-state index is 0.136.